The van der Waals surface area contributed by atoms with Crippen LogP contribution in [0.4, 0.5) is 0 Å². The third-order valence-corrected chi connectivity index (χ3v) is 4.48. The number of carbonyl (C=O) groups is 1. The van der Waals surface area contributed by atoms with Gasteiger partial charge in [0.2, 0.25) is 5.88 Å². The number of carbonyl (C=O) groups excluding carboxylic acids is 1. The Labute approximate surface area is 152 Å². The van der Waals surface area contributed by atoms with Crippen LogP contribution in [-0.4, -0.2) is 28.7 Å². The third kappa shape index (κ3) is 5.32. The van der Waals surface area contributed by atoms with E-state index in [1.54, 1.807) is 0 Å². The van der Waals surface area contributed by atoms with Crippen molar-refractivity contribution in [1.29, 1.82) is 0 Å². The van der Waals surface area contributed by atoms with Crippen LogP contribution in [0, 0.1) is 0 Å². The van der Waals surface area contributed by atoms with Crippen molar-refractivity contribution in [2.24, 2.45) is 0 Å². The maximum Gasteiger partial charge on any atom is 0.258 e. The summed E-state index contributed by atoms with van der Waals surface area (Å²) in [6, 6.07) is 9.28. The molecule has 1 heterocycles. The number of benzene rings is 1. The molecule has 2 aromatic rings. The Bertz CT molecular complexity index is 735. The number of amides is 1. The number of para-hydroxylation sites is 1. The summed E-state index contributed by atoms with van der Waals surface area (Å²) in [5.41, 5.74) is 0.310. The van der Waals surface area contributed by atoms with Gasteiger partial charge in [-0.25, -0.2) is 4.98 Å². The zero-order valence-electron chi connectivity index (χ0n) is 14.8. The van der Waals surface area contributed by atoms with Crippen LogP contribution in [0.1, 0.15) is 42.4 Å². The summed E-state index contributed by atoms with van der Waals surface area (Å²) in [6.45, 7) is 8.37. The minimum atomic E-state index is -0.281. The van der Waals surface area contributed by atoms with Crippen LogP contribution in [0.25, 0.3) is 0 Å². The van der Waals surface area contributed by atoms with Gasteiger partial charge in [0.05, 0.1) is 0 Å². The first-order chi connectivity index (χ1) is 12.0. The van der Waals surface area contributed by atoms with Gasteiger partial charge < -0.3 is 10.1 Å². The Kier molecular flexibility index (Phi) is 7.01. The number of nitrogens with zero attached hydrogens (tertiary/aromatic N) is 2. The molecule has 1 amide bonds. The van der Waals surface area contributed by atoms with Gasteiger partial charge in [-0.3, -0.25) is 4.79 Å². The highest BCUT2D eigenvalue weighted by Crippen LogP contribution is 2.25. The molecule has 1 N–H and O–H groups in total. The Morgan fingerprint density at radius 1 is 1.36 bits per heavy atom. The molecule has 1 atom stereocenters. The number of rotatable bonds is 8. The molecule has 0 saturated carbocycles. The summed E-state index contributed by atoms with van der Waals surface area (Å²) in [5.74, 6) is 1.46. The fraction of sp³-hybridized carbons (Fsp3) is 0.316. The van der Waals surface area contributed by atoms with Gasteiger partial charge in [0.1, 0.15) is 17.1 Å². The van der Waals surface area contributed by atoms with Crippen molar-refractivity contribution in [3.05, 3.63) is 59.4 Å². The summed E-state index contributed by atoms with van der Waals surface area (Å²) < 4.78 is 5.86. The standard InChI is InChI=1S/C19H23N3O2S/c1-5-13(2)17-20-12-16(18(23)21-11-14(3)25-4)19(22-17)24-15-9-7-6-8-10-15/h6-10,12-13H,3,5,11H2,1-2,4H3,(H,21,23). The molecule has 0 spiro atoms. The molecular weight excluding hydrogens is 334 g/mol. The van der Waals surface area contributed by atoms with E-state index in [4.69, 9.17) is 4.74 Å². The zero-order valence-corrected chi connectivity index (χ0v) is 15.6. The fourth-order valence-electron chi connectivity index (χ4n) is 1.98. The molecular formula is C19H23N3O2S. The maximum absolute atomic E-state index is 12.5. The predicted molar refractivity (Wildman–Crippen MR) is 102 cm³/mol. The highest BCUT2D eigenvalue weighted by molar-refractivity contribution is 8.02. The largest absolute Gasteiger partial charge is 0.438 e. The second-order valence-electron chi connectivity index (χ2n) is 5.60. The van der Waals surface area contributed by atoms with E-state index in [0.29, 0.717) is 23.7 Å². The first-order valence-electron chi connectivity index (χ1n) is 8.15. The molecule has 0 saturated heterocycles. The molecule has 0 bridgehead atoms. The van der Waals surface area contributed by atoms with Gasteiger partial charge in [-0.2, -0.15) is 4.98 Å². The molecule has 0 aliphatic rings. The maximum atomic E-state index is 12.5. The monoisotopic (exact) mass is 357 g/mol. The highest BCUT2D eigenvalue weighted by atomic mass is 32.2. The number of aromatic nitrogens is 2. The van der Waals surface area contributed by atoms with Gasteiger partial charge in [-0.05, 0) is 29.7 Å². The molecule has 0 fully saturated rings. The lowest BCUT2D eigenvalue weighted by atomic mass is 10.1. The molecule has 0 aliphatic carbocycles. The van der Waals surface area contributed by atoms with Crippen molar-refractivity contribution in [3.8, 4) is 11.6 Å². The minimum absolute atomic E-state index is 0.187. The quantitative estimate of drug-likeness (QED) is 0.759. The van der Waals surface area contributed by atoms with Crippen LogP contribution in [-0.2, 0) is 0 Å². The van der Waals surface area contributed by atoms with Crippen molar-refractivity contribution in [2.75, 3.05) is 12.8 Å². The Morgan fingerprint density at radius 2 is 2.08 bits per heavy atom. The molecule has 1 aromatic carbocycles. The molecule has 2 rings (SSSR count). The number of ether oxygens (including phenoxy) is 1. The molecule has 132 valence electrons. The van der Waals surface area contributed by atoms with E-state index in [0.717, 1.165) is 11.3 Å². The fourth-order valence-corrected chi connectivity index (χ4v) is 2.20. The predicted octanol–water partition coefficient (Wildman–Crippen LogP) is 4.39. The van der Waals surface area contributed by atoms with Crippen molar-refractivity contribution in [2.45, 2.75) is 26.2 Å². The number of hydrogen-bond acceptors (Lipinski definition) is 5. The molecule has 25 heavy (non-hydrogen) atoms. The van der Waals surface area contributed by atoms with Gasteiger partial charge >= 0.3 is 0 Å². The van der Waals surface area contributed by atoms with Gasteiger partial charge in [0.15, 0.2) is 0 Å². The number of hydrogen-bond donors (Lipinski definition) is 1. The van der Waals surface area contributed by atoms with Gasteiger partial charge in [0.25, 0.3) is 5.91 Å². The zero-order chi connectivity index (χ0) is 18.2. The molecule has 0 radical (unpaired) electrons. The normalized spacial score (nSPS) is 11.6. The number of nitrogens with one attached hydrogen (secondary N) is 1. The van der Waals surface area contributed by atoms with E-state index in [-0.39, 0.29) is 17.7 Å². The molecule has 0 aliphatic heterocycles. The van der Waals surface area contributed by atoms with E-state index in [9.17, 15) is 4.79 Å². The lowest BCUT2D eigenvalue weighted by Gasteiger charge is -2.14. The Morgan fingerprint density at radius 3 is 2.72 bits per heavy atom. The van der Waals surface area contributed by atoms with Crippen molar-refractivity contribution < 1.29 is 9.53 Å². The topological polar surface area (TPSA) is 64.1 Å². The summed E-state index contributed by atoms with van der Waals surface area (Å²) in [5, 5.41) is 2.82. The SMILES string of the molecule is C=C(CNC(=O)c1cnc(C(C)CC)nc1Oc1ccccc1)SC. The van der Waals surface area contributed by atoms with Crippen LogP contribution in [0.3, 0.4) is 0 Å². The van der Waals surface area contributed by atoms with E-state index in [1.807, 2.05) is 43.5 Å². The average molecular weight is 357 g/mol. The van der Waals surface area contributed by atoms with Crippen molar-refractivity contribution >= 4 is 17.7 Å². The van der Waals surface area contributed by atoms with E-state index >= 15 is 0 Å². The molecule has 5 nitrogen and oxygen atoms in total. The lowest BCUT2D eigenvalue weighted by Crippen LogP contribution is -2.26. The molecule has 1 aromatic heterocycles. The van der Waals surface area contributed by atoms with Crippen LogP contribution in [0.2, 0.25) is 0 Å². The lowest BCUT2D eigenvalue weighted by molar-refractivity contribution is 0.0954. The van der Waals surface area contributed by atoms with Gasteiger partial charge in [-0.15, -0.1) is 11.8 Å². The van der Waals surface area contributed by atoms with E-state index < -0.39 is 0 Å². The third-order valence-electron chi connectivity index (χ3n) is 3.76. The van der Waals surface area contributed by atoms with Crippen molar-refractivity contribution in [1.82, 2.24) is 15.3 Å². The van der Waals surface area contributed by atoms with Crippen LogP contribution >= 0.6 is 11.8 Å². The molecule has 1 unspecified atom stereocenters. The molecule has 6 heteroatoms. The van der Waals surface area contributed by atoms with Gasteiger partial charge in [-0.1, -0.05) is 38.6 Å². The van der Waals surface area contributed by atoms with Crippen LogP contribution < -0.4 is 10.1 Å². The second kappa shape index (κ2) is 9.22. The Balaban J connectivity index is 2.30. The minimum Gasteiger partial charge on any atom is -0.438 e. The summed E-state index contributed by atoms with van der Waals surface area (Å²) >= 11 is 1.51. The number of thioether (sulfide) groups is 1. The first kappa shape index (κ1) is 19.0. The highest BCUT2D eigenvalue weighted by Gasteiger charge is 2.18. The Hall–Kier alpha value is -2.34. The van der Waals surface area contributed by atoms with Crippen LogP contribution in [0.15, 0.2) is 48.0 Å². The summed E-state index contributed by atoms with van der Waals surface area (Å²) in [4.78, 5) is 22.2. The first-order valence-corrected chi connectivity index (χ1v) is 9.37. The summed E-state index contributed by atoms with van der Waals surface area (Å²) in [7, 11) is 0. The van der Waals surface area contributed by atoms with Crippen LogP contribution in [0.5, 0.6) is 11.6 Å². The average Bonchev–Trinajstić information content (AvgIpc) is 2.65. The van der Waals surface area contributed by atoms with Crippen molar-refractivity contribution in [3.63, 3.8) is 0 Å². The van der Waals surface area contributed by atoms with E-state index in [2.05, 4.69) is 28.8 Å². The second-order valence-corrected chi connectivity index (χ2v) is 6.58. The van der Waals surface area contributed by atoms with E-state index in [1.165, 1.54) is 18.0 Å². The summed E-state index contributed by atoms with van der Waals surface area (Å²) in [6.07, 6.45) is 4.36. The smallest absolute Gasteiger partial charge is 0.258 e. The van der Waals surface area contributed by atoms with Gasteiger partial charge in [0, 0.05) is 18.7 Å².